The number of pyridine rings is 1. The number of aromatic nitrogens is 1. The second-order valence-electron chi connectivity index (χ2n) is 9.03. The SMILES string of the molecule is CC(C)Cc1ccc(C(C)NC(=O)CN2CCC(C(=O)Nc3ccc(Cl)cn3)CC2)cc1. The van der Waals surface area contributed by atoms with Crippen LogP contribution in [0.5, 0.6) is 0 Å². The van der Waals surface area contributed by atoms with Crippen molar-refractivity contribution in [3.8, 4) is 0 Å². The number of hydrogen-bond donors (Lipinski definition) is 2. The van der Waals surface area contributed by atoms with Gasteiger partial charge in [0.1, 0.15) is 5.82 Å². The van der Waals surface area contributed by atoms with Gasteiger partial charge in [-0.2, -0.15) is 0 Å². The van der Waals surface area contributed by atoms with Crippen molar-refractivity contribution in [1.82, 2.24) is 15.2 Å². The Morgan fingerprint density at radius 3 is 2.38 bits per heavy atom. The van der Waals surface area contributed by atoms with Crippen LogP contribution in [0.1, 0.15) is 50.8 Å². The highest BCUT2D eigenvalue weighted by molar-refractivity contribution is 6.30. The molecule has 0 saturated carbocycles. The van der Waals surface area contributed by atoms with Crippen LogP contribution in [0.15, 0.2) is 42.6 Å². The summed E-state index contributed by atoms with van der Waals surface area (Å²) in [7, 11) is 0. The van der Waals surface area contributed by atoms with Gasteiger partial charge in [-0.05, 0) is 68.5 Å². The quantitative estimate of drug-likeness (QED) is 0.615. The highest BCUT2D eigenvalue weighted by atomic mass is 35.5. The third kappa shape index (κ3) is 7.31. The number of piperidine rings is 1. The molecule has 6 nitrogen and oxygen atoms in total. The molecule has 1 fully saturated rings. The first-order chi connectivity index (χ1) is 15.3. The number of anilines is 1. The number of halogens is 1. The largest absolute Gasteiger partial charge is 0.348 e. The van der Waals surface area contributed by atoms with Crippen LogP contribution >= 0.6 is 11.6 Å². The zero-order chi connectivity index (χ0) is 23.1. The minimum atomic E-state index is -0.0740. The maximum atomic E-state index is 12.5. The van der Waals surface area contributed by atoms with Crippen molar-refractivity contribution in [3.05, 3.63) is 58.7 Å². The molecule has 0 radical (unpaired) electrons. The molecule has 0 spiro atoms. The van der Waals surface area contributed by atoms with Crippen molar-refractivity contribution >= 4 is 29.2 Å². The summed E-state index contributed by atoms with van der Waals surface area (Å²) >= 11 is 5.83. The van der Waals surface area contributed by atoms with E-state index in [0.717, 1.165) is 37.9 Å². The second-order valence-corrected chi connectivity index (χ2v) is 9.47. The van der Waals surface area contributed by atoms with Gasteiger partial charge in [-0.3, -0.25) is 14.5 Å². The molecule has 0 aliphatic carbocycles. The molecule has 3 rings (SSSR count). The van der Waals surface area contributed by atoms with Crippen LogP contribution in [0.25, 0.3) is 0 Å². The van der Waals surface area contributed by atoms with Gasteiger partial charge in [0.2, 0.25) is 11.8 Å². The number of benzene rings is 1. The summed E-state index contributed by atoms with van der Waals surface area (Å²) in [6.45, 7) is 8.22. The van der Waals surface area contributed by atoms with Gasteiger partial charge in [-0.25, -0.2) is 4.98 Å². The molecule has 2 aromatic rings. The Hall–Kier alpha value is -2.44. The first kappa shape index (κ1) is 24.2. The van der Waals surface area contributed by atoms with Crippen LogP contribution in [0.4, 0.5) is 5.82 Å². The second kappa shape index (κ2) is 11.4. The van der Waals surface area contributed by atoms with E-state index in [0.29, 0.717) is 23.3 Å². The van der Waals surface area contributed by atoms with E-state index >= 15 is 0 Å². The topological polar surface area (TPSA) is 74.3 Å². The minimum absolute atomic E-state index is 0.0111. The third-order valence-corrected chi connectivity index (χ3v) is 6.03. The summed E-state index contributed by atoms with van der Waals surface area (Å²) < 4.78 is 0. The highest BCUT2D eigenvalue weighted by Gasteiger charge is 2.26. The molecule has 1 saturated heterocycles. The van der Waals surface area contributed by atoms with Crippen molar-refractivity contribution < 1.29 is 9.59 Å². The van der Waals surface area contributed by atoms with Gasteiger partial charge in [0, 0.05) is 12.1 Å². The number of likely N-dealkylation sites (tertiary alicyclic amines) is 1. The molecule has 7 heteroatoms. The smallest absolute Gasteiger partial charge is 0.234 e. The summed E-state index contributed by atoms with van der Waals surface area (Å²) in [5.74, 6) is 1.04. The molecular formula is C25H33ClN4O2. The number of carbonyl (C=O) groups is 2. The van der Waals surface area contributed by atoms with E-state index in [4.69, 9.17) is 11.6 Å². The zero-order valence-electron chi connectivity index (χ0n) is 19.1. The van der Waals surface area contributed by atoms with E-state index in [-0.39, 0.29) is 23.8 Å². The first-order valence-corrected chi connectivity index (χ1v) is 11.7. The van der Waals surface area contributed by atoms with Crippen molar-refractivity contribution in [3.63, 3.8) is 0 Å². The van der Waals surface area contributed by atoms with Crippen molar-refractivity contribution in [2.24, 2.45) is 11.8 Å². The molecule has 32 heavy (non-hydrogen) atoms. The molecule has 1 unspecified atom stereocenters. The molecule has 2 N–H and O–H groups in total. The number of rotatable bonds is 8. The van der Waals surface area contributed by atoms with Crippen LogP contribution < -0.4 is 10.6 Å². The van der Waals surface area contributed by atoms with Crippen molar-refractivity contribution in [2.75, 3.05) is 25.0 Å². The molecular weight excluding hydrogens is 424 g/mol. The fourth-order valence-corrected chi connectivity index (χ4v) is 4.13. The predicted molar refractivity (Wildman–Crippen MR) is 129 cm³/mol. The average Bonchev–Trinajstić information content (AvgIpc) is 2.76. The zero-order valence-corrected chi connectivity index (χ0v) is 19.9. The Kier molecular flexibility index (Phi) is 8.65. The number of nitrogens with one attached hydrogen (secondary N) is 2. The van der Waals surface area contributed by atoms with Gasteiger partial charge in [0.15, 0.2) is 0 Å². The molecule has 1 atom stereocenters. The van der Waals surface area contributed by atoms with Gasteiger partial charge in [-0.15, -0.1) is 0 Å². The number of hydrogen-bond acceptors (Lipinski definition) is 4. The van der Waals surface area contributed by atoms with E-state index in [2.05, 4.69) is 58.6 Å². The molecule has 1 aliphatic heterocycles. The van der Waals surface area contributed by atoms with Gasteiger partial charge < -0.3 is 10.6 Å². The van der Waals surface area contributed by atoms with Crippen LogP contribution in [-0.2, 0) is 16.0 Å². The molecule has 2 amide bonds. The lowest BCUT2D eigenvalue weighted by Gasteiger charge is -2.31. The summed E-state index contributed by atoms with van der Waals surface area (Å²) in [6.07, 6.45) is 4.02. The van der Waals surface area contributed by atoms with E-state index in [1.54, 1.807) is 12.1 Å². The highest BCUT2D eigenvalue weighted by Crippen LogP contribution is 2.20. The molecule has 1 aromatic carbocycles. The third-order valence-electron chi connectivity index (χ3n) is 5.81. The fourth-order valence-electron chi connectivity index (χ4n) is 4.02. The Labute approximate surface area is 195 Å². The van der Waals surface area contributed by atoms with Crippen LogP contribution in [-0.4, -0.2) is 41.3 Å². The summed E-state index contributed by atoms with van der Waals surface area (Å²) in [6, 6.07) is 11.8. The molecule has 1 aliphatic rings. The maximum Gasteiger partial charge on any atom is 0.234 e. The molecule has 172 valence electrons. The fraction of sp³-hybridized carbons (Fsp3) is 0.480. The Bertz CT molecular complexity index is 891. The lowest BCUT2D eigenvalue weighted by molar-refractivity contribution is -0.124. The maximum absolute atomic E-state index is 12.5. The predicted octanol–water partition coefficient (Wildman–Crippen LogP) is 4.46. The summed E-state index contributed by atoms with van der Waals surface area (Å²) in [5.41, 5.74) is 2.43. The number of amides is 2. The average molecular weight is 457 g/mol. The van der Waals surface area contributed by atoms with Crippen LogP contribution in [0.2, 0.25) is 5.02 Å². The normalized spacial score (nSPS) is 16.0. The standard InChI is InChI=1S/C25H33ClN4O2/c1-17(2)14-19-4-6-20(7-5-19)18(3)28-24(31)16-30-12-10-21(11-13-30)25(32)29-23-9-8-22(26)15-27-23/h4-9,15,17-18,21H,10-14,16H2,1-3H3,(H,28,31)(H,27,29,32). The summed E-state index contributed by atoms with van der Waals surface area (Å²) in [5, 5.41) is 6.48. The lowest BCUT2D eigenvalue weighted by atomic mass is 9.96. The molecule has 0 bridgehead atoms. The van der Waals surface area contributed by atoms with Crippen molar-refractivity contribution in [1.29, 1.82) is 0 Å². The molecule has 1 aromatic heterocycles. The van der Waals surface area contributed by atoms with E-state index in [1.807, 2.05) is 6.92 Å². The van der Waals surface area contributed by atoms with Crippen molar-refractivity contribution in [2.45, 2.75) is 46.1 Å². The Morgan fingerprint density at radius 1 is 1.09 bits per heavy atom. The van der Waals surface area contributed by atoms with Crippen LogP contribution in [0.3, 0.4) is 0 Å². The van der Waals surface area contributed by atoms with Gasteiger partial charge in [-0.1, -0.05) is 49.7 Å². The first-order valence-electron chi connectivity index (χ1n) is 11.3. The van der Waals surface area contributed by atoms with E-state index < -0.39 is 0 Å². The van der Waals surface area contributed by atoms with E-state index in [1.165, 1.54) is 11.8 Å². The Morgan fingerprint density at radius 2 is 1.78 bits per heavy atom. The molecule has 2 heterocycles. The van der Waals surface area contributed by atoms with Crippen LogP contribution in [0, 0.1) is 11.8 Å². The number of nitrogens with zero attached hydrogens (tertiary/aromatic N) is 2. The monoisotopic (exact) mass is 456 g/mol. The van der Waals surface area contributed by atoms with Gasteiger partial charge >= 0.3 is 0 Å². The Balaban J connectivity index is 1.41. The van der Waals surface area contributed by atoms with E-state index in [9.17, 15) is 9.59 Å². The summed E-state index contributed by atoms with van der Waals surface area (Å²) in [4.78, 5) is 31.2. The lowest BCUT2D eigenvalue weighted by Crippen LogP contribution is -2.43. The number of carbonyl (C=O) groups excluding carboxylic acids is 2. The van der Waals surface area contributed by atoms with Gasteiger partial charge in [0.05, 0.1) is 17.6 Å². The minimum Gasteiger partial charge on any atom is -0.348 e. The van der Waals surface area contributed by atoms with Gasteiger partial charge in [0.25, 0.3) is 0 Å².